The Morgan fingerprint density at radius 1 is 1.07 bits per heavy atom. The zero-order valence-electron chi connectivity index (χ0n) is 15.3. The fourth-order valence-electron chi connectivity index (χ4n) is 3.73. The van der Waals surface area contributed by atoms with Crippen molar-refractivity contribution in [1.82, 2.24) is 10.6 Å². The van der Waals surface area contributed by atoms with Gasteiger partial charge >= 0.3 is 0 Å². The molecule has 1 aliphatic carbocycles. The van der Waals surface area contributed by atoms with Gasteiger partial charge in [0.05, 0.1) is 10.0 Å². The second-order valence-corrected chi connectivity index (χ2v) is 7.84. The lowest BCUT2D eigenvalue weighted by Gasteiger charge is -2.40. The molecule has 0 atom stereocenters. The number of halogens is 3. The third kappa shape index (κ3) is 5.39. The van der Waals surface area contributed by atoms with Gasteiger partial charge in [-0.2, -0.15) is 0 Å². The highest BCUT2D eigenvalue weighted by Gasteiger charge is 2.34. The fraction of sp³-hybridized carbons (Fsp3) is 0.381. The third-order valence-electron chi connectivity index (χ3n) is 5.51. The van der Waals surface area contributed by atoms with Gasteiger partial charge in [-0.15, -0.1) is 12.4 Å². The predicted molar refractivity (Wildman–Crippen MR) is 115 cm³/mol. The number of amides is 1. The number of carbonyl (C=O) groups is 1. The Bertz CT molecular complexity index is 759. The Kier molecular flexibility index (Phi) is 7.99. The van der Waals surface area contributed by atoms with E-state index in [4.69, 9.17) is 23.2 Å². The topological polar surface area (TPSA) is 41.1 Å². The zero-order valence-corrected chi connectivity index (χ0v) is 17.6. The Morgan fingerprint density at radius 2 is 1.74 bits per heavy atom. The highest BCUT2D eigenvalue weighted by molar-refractivity contribution is 6.42. The fourth-order valence-corrected chi connectivity index (χ4v) is 4.03. The van der Waals surface area contributed by atoms with Gasteiger partial charge in [0.25, 0.3) is 5.91 Å². The molecule has 146 valence electrons. The highest BCUT2D eigenvalue weighted by Crippen LogP contribution is 2.37. The maximum atomic E-state index is 12.5. The first kappa shape index (κ1) is 22.0. The SMILES string of the molecule is CNC1(CNC(=O)c2ccc(Cl)c(Cl)c2)CCC(c2ccccc2)CC1.Cl. The number of nitrogens with one attached hydrogen (secondary N) is 2. The maximum absolute atomic E-state index is 12.5. The molecule has 0 unspecified atom stereocenters. The van der Waals surface area contributed by atoms with E-state index in [-0.39, 0.29) is 23.9 Å². The monoisotopic (exact) mass is 426 g/mol. The van der Waals surface area contributed by atoms with E-state index in [1.165, 1.54) is 5.56 Å². The van der Waals surface area contributed by atoms with Gasteiger partial charge in [-0.05, 0) is 62.4 Å². The molecular formula is C21H25Cl3N2O. The molecule has 3 rings (SSSR count). The minimum absolute atomic E-state index is 0. The van der Waals surface area contributed by atoms with Crippen molar-refractivity contribution in [1.29, 1.82) is 0 Å². The summed E-state index contributed by atoms with van der Waals surface area (Å²) in [5.74, 6) is 0.479. The van der Waals surface area contributed by atoms with Gasteiger partial charge in [0.1, 0.15) is 0 Å². The Hall–Kier alpha value is -1.26. The van der Waals surface area contributed by atoms with Gasteiger partial charge < -0.3 is 10.6 Å². The molecule has 0 bridgehead atoms. The summed E-state index contributed by atoms with van der Waals surface area (Å²) in [6.45, 7) is 0.601. The van der Waals surface area contributed by atoms with E-state index in [0.717, 1.165) is 25.7 Å². The van der Waals surface area contributed by atoms with Crippen LogP contribution >= 0.6 is 35.6 Å². The summed E-state index contributed by atoms with van der Waals surface area (Å²) in [5.41, 5.74) is 1.89. The lowest BCUT2D eigenvalue weighted by atomic mass is 9.74. The average Bonchev–Trinajstić information content (AvgIpc) is 2.69. The van der Waals surface area contributed by atoms with E-state index >= 15 is 0 Å². The Labute approximate surface area is 177 Å². The second-order valence-electron chi connectivity index (χ2n) is 7.03. The first-order valence-corrected chi connectivity index (χ1v) is 9.76. The minimum atomic E-state index is -0.122. The van der Waals surface area contributed by atoms with Crippen LogP contribution in [0.4, 0.5) is 0 Å². The molecule has 27 heavy (non-hydrogen) atoms. The second kappa shape index (κ2) is 9.79. The van der Waals surface area contributed by atoms with Crippen molar-refractivity contribution in [2.24, 2.45) is 0 Å². The molecule has 0 aliphatic heterocycles. The largest absolute Gasteiger partial charge is 0.350 e. The molecule has 1 fully saturated rings. The molecule has 2 N–H and O–H groups in total. The van der Waals surface area contributed by atoms with E-state index in [1.807, 2.05) is 7.05 Å². The van der Waals surface area contributed by atoms with Gasteiger partial charge in [0.2, 0.25) is 0 Å². The van der Waals surface area contributed by atoms with Gasteiger partial charge in [-0.25, -0.2) is 0 Å². The lowest BCUT2D eigenvalue weighted by molar-refractivity contribution is 0.0929. The van der Waals surface area contributed by atoms with E-state index in [0.29, 0.717) is 28.1 Å². The van der Waals surface area contributed by atoms with Crippen LogP contribution in [-0.2, 0) is 0 Å². The zero-order chi connectivity index (χ0) is 18.6. The van der Waals surface area contributed by atoms with E-state index in [9.17, 15) is 4.79 Å². The number of hydrogen-bond donors (Lipinski definition) is 2. The van der Waals surface area contributed by atoms with Crippen molar-refractivity contribution in [3.05, 3.63) is 69.7 Å². The summed E-state index contributed by atoms with van der Waals surface area (Å²) in [6.07, 6.45) is 4.30. The average molecular weight is 428 g/mol. The van der Waals surface area contributed by atoms with Gasteiger partial charge in [-0.3, -0.25) is 4.79 Å². The number of rotatable bonds is 5. The standard InChI is InChI=1S/C21H24Cl2N2O.ClH/c1-24-21(11-9-16(10-12-21)15-5-3-2-4-6-15)14-25-20(26)17-7-8-18(22)19(23)13-17;/h2-8,13,16,24H,9-12,14H2,1H3,(H,25,26);1H. The molecule has 1 aliphatic rings. The van der Waals surface area contributed by atoms with Crippen LogP contribution in [0.1, 0.15) is 47.5 Å². The van der Waals surface area contributed by atoms with Crippen LogP contribution < -0.4 is 10.6 Å². The molecule has 0 spiro atoms. The van der Waals surface area contributed by atoms with Crippen LogP contribution in [0.3, 0.4) is 0 Å². The molecule has 0 radical (unpaired) electrons. The van der Waals surface area contributed by atoms with Crippen molar-refractivity contribution < 1.29 is 4.79 Å². The van der Waals surface area contributed by atoms with Crippen LogP contribution in [0.5, 0.6) is 0 Å². The van der Waals surface area contributed by atoms with Crippen LogP contribution in [0.25, 0.3) is 0 Å². The first-order chi connectivity index (χ1) is 12.5. The molecule has 3 nitrogen and oxygen atoms in total. The maximum Gasteiger partial charge on any atom is 0.251 e. The third-order valence-corrected chi connectivity index (χ3v) is 6.25. The van der Waals surface area contributed by atoms with Crippen molar-refractivity contribution in [2.45, 2.75) is 37.1 Å². The van der Waals surface area contributed by atoms with Gasteiger partial charge in [-0.1, -0.05) is 53.5 Å². The number of hydrogen-bond acceptors (Lipinski definition) is 2. The van der Waals surface area contributed by atoms with Crippen molar-refractivity contribution in [3.63, 3.8) is 0 Å². The molecule has 1 saturated carbocycles. The summed E-state index contributed by atoms with van der Waals surface area (Å²) >= 11 is 11.9. The molecule has 0 saturated heterocycles. The van der Waals surface area contributed by atoms with E-state index < -0.39 is 0 Å². The summed E-state index contributed by atoms with van der Waals surface area (Å²) < 4.78 is 0. The molecule has 1 amide bonds. The smallest absolute Gasteiger partial charge is 0.251 e. The van der Waals surface area contributed by atoms with Gasteiger partial charge in [0, 0.05) is 17.6 Å². The van der Waals surface area contributed by atoms with Crippen molar-refractivity contribution in [2.75, 3.05) is 13.6 Å². The normalized spacial score (nSPS) is 22.0. The molecule has 0 aromatic heterocycles. The number of carbonyl (C=O) groups excluding carboxylic acids is 1. The van der Waals surface area contributed by atoms with E-state index in [2.05, 4.69) is 41.0 Å². The van der Waals surface area contributed by atoms with Crippen LogP contribution in [0.15, 0.2) is 48.5 Å². The van der Waals surface area contributed by atoms with Crippen LogP contribution in [0, 0.1) is 0 Å². The molecular weight excluding hydrogens is 403 g/mol. The highest BCUT2D eigenvalue weighted by atomic mass is 35.5. The quantitative estimate of drug-likeness (QED) is 0.665. The molecule has 2 aromatic rings. The molecule has 2 aromatic carbocycles. The number of benzene rings is 2. The van der Waals surface area contributed by atoms with Crippen molar-refractivity contribution in [3.8, 4) is 0 Å². The first-order valence-electron chi connectivity index (χ1n) is 9.00. The van der Waals surface area contributed by atoms with Gasteiger partial charge in [0.15, 0.2) is 0 Å². The Balaban J connectivity index is 0.00000261. The van der Waals surface area contributed by atoms with Crippen LogP contribution in [-0.4, -0.2) is 25.0 Å². The van der Waals surface area contributed by atoms with Crippen molar-refractivity contribution >= 4 is 41.5 Å². The molecule has 6 heteroatoms. The van der Waals surface area contributed by atoms with Crippen LogP contribution in [0.2, 0.25) is 10.0 Å². The summed E-state index contributed by atoms with van der Waals surface area (Å²) in [5, 5.41) is 7.36. The molecule has 0 heterocycles. The minimum Gasteiger partial charge on any atom is -0.350 e. The number of likely N-dealkylation sites (N-methyl/N-ethyl adjacent to an activating group) is 1. The lowest BCUT2D eigenvalue weighted by Crippen LogP contribution is -2.53. The Morgan fingerprint density at radius 3 is 2.33 bits per heavy atom. The summed E-state index contributed by atoms with van der Waals surface area (Å²) in [6, 6.07) is 15.6. The summed E-state index contributed by atoms with van der Waals surface area (Å²) in [4.78, 5) is 12.5. The van der Waals surface area contributed by atoms with E-state index in [1.54, 1.807) is 18.2 Å². The summed E-state index contributed by atoms with van der Waals surface area (Å²) in [7, 11) is 1.98. The predicted octanol–water partition coefficient (Wildman–Crippen LogP) is 5.46.